The van der Waals surface area contributed by atoms with E-state index in [2.05, 4.69) is 10.4 Å². The van der Waals surface area contributed by atoms with Crippen LogP contribution in [0.1, 0.15) is 29.8 Å². The second-order valence-corrected chi connectivity index (χ2v) is 6.07. The molecule has 1 N–H and O–H groups in total. The third-order valence-corrected chi connectivity index (χ3v) is 4.08. The number of aromatic nitrogens is 2. The minimum Gasteiger partial charge on any atom is -0.453 e. The third kappa shape index (κ3) is 3.22. The maximum Gasteiger partial charge on any atom is 0.171 e. The lowest BCUT2D eigenvalue weighted by Crippen LogP contribution is -2.15. The van der Waals surface area contributed by atoms with Gasteiger partial charge in [0.15, 0.2) is 5.75 Å². The van der Waals surface area contributed by atoms with E-state index in [4.69, 9.17) is 16.3 Å². The van der Waals surface area contributed by atoms with Crippen LogP contribution < -0.4 is 10.1 Å². The van der Waals surface area contributed by atoms with Crippen LogP contribution >= 0.6 is 11.6 Å². The van der Waals surface area contributed by atoms with Crippen molar-refractivity contribution in [2.75, 3.05) is 0 Å². The SMILES string of the molecule is Cc1nn(C)c(C)c1Oc1cc(Cl)ccc1CNC1CC1. The minimum absolute atomic E-state index is 0.662. The average Bonchev–Trinajstić information content (AvgIpc) is 3.23. The highest BCUT2D eigenvalue weighted by molar-refractivity contribution is 6.30. The maximum absolute atomic E-state index is 6.12. The van der Waals surface area contributed by atoms with Crippen LogP contribution in [0, 0.1) is 13.8 Å². The number of benzene rings is 1. The number of hydrogen-bond acceptors (Lipinski definition) is 3. The lowest BCUT2D eigenvalue weighted by Gasteiger charge is -2.12. The molecule has 1 aromatic carbocycles. The largest absolute Gasteiger partial charge is 0.453 e. The van der Waals surface area contributed by atoms with Gasteiger partial charge < -0.3 is 10.1 Å². The molecule has 21 heavy (non-hydrogen) atoms. The Hall–Kier alpha value is -1.52. The predicted octanol–water partition coefficient (Wildman–Crippen LogP) is 3.73. The van der Waals surface area contributed by atoms with Gasteiger partial charge in [-0.1, -0.05) is 17.7 Å². The molecule has 4 nitrogen and oxygen atoms in total. The lowest BCUT2D eigenvalue weighted by molar-refractivity contribution is 0.464. The van der Waals surface area contributed by atoms with E-state index in [1.54, 1.807) is 0 Å². The van der Waals surface area contributed by atoms with Gasteiger partial charge in [0.05, 0.1) is 5.69 Å². The fraction of sp³-hybridized carbons (Fsp3) is 0.438. The molecule has 5 heteroatoms. The second-order valence-electron chi connectivity index (χ2n) is 5.63. The molecular weight excluding hydrogens is 286 g/mol. The van der Waals surface area contributed by atoms with E-state index >= 15 is 0 Å². The van der Waals surface area contributed by atoms with Gasteiger partial charge in [0.2, 0.25) is 0 Å². The molecule has 0 spiro atoms. The molecule has 112 valence electrons. The quantitative estimate of drug-likeness (QED) is 0.914. The summed E-state index contributed by atoms with van der Waals surface area (Å²) in [6.07, 6.45) is 2.54. The summed E-state index contributed by atoms with van der Waals surface area (Å²) >= 11 is 6.12. The molecule has 0 radical (unpaired) electrons. The zero-order chi connectivity index (χ0) is 15.0. The number of halogens is 1. The van der Waals surface area contributed by atoms with Gasteiger partial charge in [0.25, 0.3) is 0 Å². The van der Waals surface area contributed by atoms with Crippen LogP contribution in [-0.4, -0.2) is 15.8 Å². The monoisotopic (exact) mass is 305 g/mol. The van der Waals surface area contributed by atoms with Crippen molar-refractivity contribution in [2.45, 2.75) is 39.3 Å². The Balaban J connectivity index is 1.86. The van der Waals surface area contributed by atoms with Crippen molar-refractivity contribution < 1.29 is 4.74 Å². The standard InChI is InChI=1S/C16H20ClN3O/c1-10-16(11(2)20(3)19-10)21-15-8-13(17)5-4-12(15)9-18-14-6-7-14/h4-5,8,14,18H,6-7,9H2,1-3H3. The maximum atomic E-state index is 6.12. The van der Waals surface area contributed by atoms with Crippen molar-refractivity contribution in [3.63, 3.8) is 0 Å². The molecule has 1 aliphatic carbocycles. The van der Waals surface area contributed by atoms with Crippen molar-refractivity contribution in [3.05, 3.63) is 40.2 Å². The summed E-state index contributed by atoms with van der Waals surface area (Å²) in [5, 5.41) is 8.58. The Morgan fingerprint density at radius 1 is 1.38 bits per heavy atom. The normalized spacial score (nSPS) is 14.5. The summed E-state index contributed by atoms with van der Waals surface area (Å²) in [5.74, 6) is 1.61. The number of nitrogens with zero attached hydrogens (tertiary/aromatic N) is 2. The fourth-order valence-electron chi connectivity index (χ4n) is 2.32. The van der Waals surface area contributed by atoms with Gasteiger partial charge in [-0.15, -0.1) is 0 Å². The first-order valence-electron chi connectivity index (χ1n) is 7.24. The summed E-state index contributed by atoms with van der Waals surface area (Å²) in [5.41, 5.74) is 3.01. The van der Waals surface area contributed by atoms with Crippen LogP contribution in [0.5, 0.6) is 11.5 Å². The number of hydrogen-bond donors (Lipinski definition) is 1. The smallest absolute Gasteiger partial charge is 0.171 e. The van der Waals surface area contributed by atoms with Crippen molar-refractivity contribution in [2.24, 2.45) is 7.05 Å². The summed E-state index contributed by atoms with van der Waals surface area (Å²) in [7, 11) is 1.92. The Labute approximate surface area is 130 Å². The average molecular weight is 306 g/mol. The van der Waals surface area contributed by atoms with Crippen LogP contribution in [-0.2, 0) is 13.6 Å². The van der Waals surface area contributed by atoms with Gasteiger partial charge in [-0.25, -0.2) is 0 Å². The van der Waals surface area contributed by atoms with Crippen molar-refractivity contribution in [1.82, 2.24) is 15.1 Å². The summed E-state index contributed by atoms with van der Waals surface area (Å²) < 4.78 is 7.95. The molecular formula is C16H20ClN3O. The Morgan fingerprint density at radius 3 is 2.76 bits per heavy atom. The molecule has 1 fully saturated rings. The Kier molecular flexibility index (Phi) is 3.91. The minimum atomic E-state index is 0.662. The van der Waals surface area contributed by atoms with Gasteiger partial charge in [-0.05, 0) is 38.8 Å². The van der Waals surface area contributed by atoms with E-state index in [0.717, 1.165) is 35.0 Å². The van der Waals surface area contributed by atoms with Crippen LogP contribution in [0.2, 0.25) is 5.02 Å². The number of nitrogens with one attached hydrogen (secondary N) is 1. The first-order valence-corrected chi connectivity index (χ1v) is 7.62. The van der Waals surface area contributed by atoms with Crippen LogP contribution in [0.4, 0.5) is 0 Å². The lowest BCUT2D eigenvalue weighted by atomic mass is 10.2. The van der Waals surface area contributed by atoms with Crippen molar-refractivity contribution in [3.8, 4) is 11.5 Å². The van der Waals surface area contributed by atoms with E-state index in [1.165, 1.54) is 12.8 Å². The Bertz CT molecular complexity index is 662. The van der Waals surface area contributed by atoms with Crippen LogP contribution in [0.25, 0.3) is 0 Å². The molecule has 1 heterocycles. The first kappa shape index (κ1) is 14.4. The molecule has 1 aromatic heterocycles. The zero-order valence-electron chi connectivity index (χ0n) is 12.6. The first-order chi connectivity index (χ1) is 10.0. The molecule has 2 aromatic rings. The second kappa shape index (κ2) is 5.70. The number of aryl methyl sites for hydroxylation is 2. The fourth-order valence-corrected chi connectivity index (χ4v) is 2.49. The van der Waals surface area contributed by atoms with E-state index in [0.29, 0.717) is 11.1 Å². The molecule has 0 aliphatic heterocycles. The summed E-state index contributed by atoms with van der Waals surface area (Å²) in [6, 6.07) is 6.46. The molecule has 0 bridgehead atoms. The van der Waals surface area contributed by atoms with E-state index in [-0.39, 0.29) is 0 Å². The van der Waals surface area contributed by atoms with Crippen molar-refractivity contribution in [1.29, 1.82) is 0 Å². The third-order valence-electron chi connectivity index (χ3n) is 3.84. The highest BCUT2D eigenvalue weighted by Crippen LogP contribution is 2.32. The van der Waals surface area contributed by atoms with Gasteiger partial charge in [-0.2, -0.15) is 5.10 Å². The molecule has 0 unspecified atom stereocenters. The summed E-state index contributed by atoms with van der Waals surface area (Å²) in [6.45, 7) is 4.76. The molecule has 1 aliphatic rings. The molecule has 1 saturated carbocycles. The van der Waals surface area contributed by atoms with Gasteiger partial charge in [0, 0.05) is 30.2 Å². The van der Waals surface area contributed by atoms with E-state index in [9.17, 15) is 0 Å². The Morgan fingerprint density at radius 2 is 2.14 bits per heavy atom. The number of ether oxygens (including phenoxy) is 1. The van der Waals surface area contributed by atoms with Crippen LogP contribution in [0.15, 0.2) is 18.2 Å². The molecule has 0 amide bonds. The summed E-state index contributed by atoms with van der Waals surface area (Å²) in [4.78, 5) is 0. The topological polar surface area (TPSA) is 39.1 Å². The van der Waals surface area contributed by atoms with E-state index in [1.807, 2.05) is 43.8 Å². The zero-order valence-corrected chi connectivity index (χ0v) is 13.4. The molecule has 0 saturated heterocycles. The highest BCUT2D eigenvalue weighted by atomic mass is 35.5. The molecule has 3 rings (SSSR count). The van der Waals surface area contributed by atoms with Gasteiger partial charge >= 0.3 is 0 Å². The molecule has 0 atom stereocenters. The number of rotatable bonds is 5. The van der Waals surface area contributed by atoms with Gasteiger partial charge in [-0.3, -0.25) is 4.68 Å². The van der Waals surface area contributed by atoms with Crippen molar-refractivity contribution >= 4 is 11.6 Å². The predicted molar refractivity (Wildman–Crippen MR) is 84.1 cm³/mol. The highest BCUT2D eigenvalue weighted by Gasteiger charge is 2.21. The van der Waals surface area contributed by atoms with Gasteiger partial charge in [0.1, 0.15) is 11.4 Å². The van der Waals surface area contributed by atoms with E-state index < -0.39 is 0 Å². The van der Waals surface area contributed by atoms with Crippen LogP contribution in [0.3, 0.4) is 0 Å².